The zero-order valence-electron chi connectivity index (χ0n) is 12.2. The van der Waals surface area contributed by atoms with E-state index in [2.05, 4.69) is 25.8 Å². The van der Waals surface area contributed by atoms with Crippen molar-refractivity contribution in [2.45, 2.75) is 20.4 Å². The fraction of sp³-hybridized carbons (Fsp3) is 0.333. The van der Waals surface area contributed by atoms with Gasteiger partial charge in [-0.05, 0) is 29.7 Å². The molecule has 0 saturated heterocycles. The minimum Gasteiger partial charge on any atom is -0.364 e. The van der Waals surface area contributed by atoms with Gasteiger partial charge < -0.3 is 10.6 Å². The lowest BCUT2D eigenvalue weighted by Crippen LogP contribution is -2.28. The molecule has 2 N–H and O–H groups in total. The number of aromatic nitrogens is 3. The molecule has 0 unspecified atom stereocenters. The monoisotopic (exact) mass is 285 g/mol. The number of carbonyl (C=O) groups excluding carboxylic acids is 1. The van der Waals surface area contributed by atoms with Gasteiger partial charge in [-0.1, -0.05) is 19.9 Å². The largest absolute Gasteiger partial charge is 0.364 e. The van der Waals surface area contributed by atoms with E-state index in [1.807, 2.05) is 26.0 Å². The average Bonchev–Trinajstić information content (AvgIpc) is 2.52. The summed E-state index contributed by atoms with van der Waals surface area (Å²) in [4.78, 5) is 15.8. The Labute approximate surface area is 124 Å². The lowest BCUT2D eigenvalue weighted by atomic mass is 10.2. The summed E-state index contributed by atoms with van der Waals surface area (Å²) in [5.41, 5.74) is 1.38. The molecule has 6 heteroatoms. The highest BCUT2D eigenvalue weighted by atomic mass is 16.1. The summed E-state index contributed by atoms with van der Waals surface area (Å²) in [5, 5.41) is 13.9. The highest BCUT2D eigenvalue weighted by Crippen LogP contribution is 2.05. The highest BCUT2D eigenvalue weighted by molar-refractivity contribution is 5.92. The molecule has 6 nitrogen and oxygen atoms in total. The van der Waals surface area contributed by atoms with Crippen LogP contribution in [-0.2, 0) is 6.54 Å². The summed E-state index contributed by atoms with van der Waals surface area (Å²) in [5.74, 6) is 0.830. The number of nitrogens with zero attached hydrogens (tertiary/aromatic N) is 3. The number of rotatable bonds is 6. The fourth-order valence-electron chi connectivity index (χ4n) is 1.63. The topological polar surface area (TPSA) is 79.8 Å². The lowest BCUT2D eigenvalue weighted by molar-refractivity contribution is 0.0943. The van der Waals surface area contributed by atoms with E-state index in [1.165, 1.54) is 0 Å². The van der Waals surface area contributed by atoms with Gasteiger partial charge in [-0.25, -0.2) is 0 Å². The van der Waals surface area contributed by atoms with E-state index in [0.29, 0.717) is 30.5 Å². The van der Waals surface area contributed by atoms with Crippen molar-refractivity contribution in [2.75, 3.05) is 11.9 Å². The second kappa shape index (κ2) is 7.33. The number of anilines is 1. The van der Waals surface area contributed by atoms with Crippen LogP contribution in [-0.4, -0.2) is 27.6 Å². The number of hydrogen-bond acceptors (Lipinski definition) is 5. The second-order valence-corrected chi connectivity index (χ2v) is 5.12. The molecule has 2 heterocycles. The molecule has 2 aromatic heterocycles. The van der Waals surface area contributed by atoms with E-state index < -0.39 is 0 Å². The molecule has 2 aromatic rings. The number of hydrogen-bond donors (Lipinski definition) is 2. The first-order valence-corrected chi connectivity index (χ1v) is 6.90. The van der Waals surface area contributed by atoms with Crippen molar-refractivity contribution < 1.29 is 4.79 Å². The summed E-state index contributed by atoms with van der Waals surface area (Å²) >= 11 is 0. The van der Waals surface area contributed by atoms with E-state index in [0.717, 1.165) is 5.56 Å². The van der Waals surface area contributed by atoms with Crippen molar-refractivity contribution in [1.82, 2.24) is 20.5 Å². The maximum atomic E-state index is 11.8. The van der Waals surface area contributed by atoms with E-state index >= 15 is 0 Å². The molecule has 0 spiro atoms. The van der Waals surface area contributed by atoms with Crippen molar-refractivity contribution in [3.63, 3.8) is 0 Å². The molecule has 0 radical (unpaired) electrons. The Kier molecular flexibility index (Phi) is 5.20. The van der Waals surface area contributed by atoms with Crippen LogP contribution >= 0.6 is 0 Å². The third kappa shape index (κ3) is 4.83. The van der Waals surface area contributed by atoms with E-state index in [9.17, 15) is 4.79 Å². The Bertz CT molecular complexity index is 568. The number of amides is 1. The quantitative estimate of drug-likeness (QED) is 0.847. The molecular weight excluding hydrogens is 266 g/mol. The van der Waals surface area contributed by atoms with Crippen LogP contribution in [0.1, 0.15) is 29.9 Å². The van der Waals surface area contributed by atoms with Crippen LogP contribution in [0.5, 0.6) is 0 Å². The van der Waals surface area contributed by atoms with Crippen molar-refractivity contribution in [3.05, 3.63) is 47.9 Å². The molecule has 21 heavy (non-hydrogen) atoms. The van der Waals surface area contributed by atoms with Gasteiger partial charge in [0.2, 0.25) is 0 Å². The SMILES string of the molecule is CC(C)CNC(=O)c1ccc(NCc2cccnc2)nn1. The van der Waals surface area contributed by atoms with Gasteiger partial charge in [0.15, 0.2) is 5.69 Å². The standard InChI is InChI=1S/C15H19N5O/c1-11(2)8-18-15(21)13-5-6-14(20-19-13)17-10-12-4-3-7-16-9-12/h3-7,9,11H,8,10H2,1-2H3,(H,17,20)(H,18,21). The smallest absolute Gasteiger partial charge is 0.271 e. The first-order chi connectivity index (χ1) is 10.1. The van der Waals surface area contributed by atoms with Gasteiger partial charge in [-0.2, -0.15) is 0 Å². The van der Waals surface area contributed by atoms with E-state index in [1.54, 1.807) is 24.5 Å². The second-order valence-electron chi connectivity index (χ2n) is 5.12. The van der Waals surface area contributed by atoms with Gasteiger partial charge >= 0.3 is 0 Å². The van der Waals surface area contributed by atoms with E-state index in [4.69, 9.17) is 0 Å². The van der Waals surface area contributed by atoms with Crippen LogP contribution in [0.4, 0.5) is 5.82 Å². The third-order valence-electron chi connectivity index (χ3n) is 2.76. The van der Waals surface area contributed by atoms with Crippen LogP contribution in [0.2, 0.25) is 0 Å². The van der Waals surface area contributed by atoms with Gasteiger partial charge in [0.1, 0.15) is 5.82 Å². The molecule has 0 aliphatic rings. The minimum absolute atomic E-state index is 0.199. The van der Waals surface area contributed by atoms with Gasteiger partial charge in [-0.15, -0.1) is 10.2 Å². The average molecular weight is 285 g/mol. The first-order valence-electron chi connectivity index (χ1n) is 6.90. The van der Waals surface area contributed by atoms with Crippen LogP contribution in [0, 0.1) is 5.92 Å². The molecule has 2 rings (SSSR count). The summed E-state index contributed by atoms with van der Waals surface area (Å²) in [7, 11) is 0. The lowest BCUT2D eigenvalue weighted by Gasteiger charge is -2.07. The fourth-order valence-corrected chi connectivity index (χ4v) is 1.63. The highest BCUT2D eigenvalue weighted by Gasteiger charge is 2.08. The maximum absolute atomic E-state index is 11.8. The Morgan fingerprint density at radius 1 is 1.24 bits per heavy atom. The van der Waals surface area contributed by atoms with Gasteiger partial charge in [0.05, 0.1) is 0 Å². The van der Waals surface area contributed by atoms with Crippen molar-refractivity contribution in [2.24, 2.45) is 5.92 Å². The Morgan fingerprint density at radius 3 is 2.71 bits per heavy atom. The minimum atomic E-state index is -0.199. The predicted octanol–water partition coefficient (Wildman–Crippen LogP) is 1.87. The normalized spacial score (nSPS) is 10.4. The molecule has 110 valence electrons. The first kappa shape index (κ1) is 14.9. The Hall–Kier alpha value is -2.50. The predicted molar refractivity (Wildman–Crippen MR) is 80.8 cm³/mol. The number of nitrogens with one attached hydrogen (secondary N) is 2. The summed E-state index contributed by atoms with van der Waals surface area (Å²) in [6.45, 7) is 5.32. The Morgan fingerprint density at radius 2 is 2.10 bits per heavy atom. The van der Waals surface area contributed by atoms with Crippen molar-refractivity contribution >= 4 is 11.7 Å². The van der Waals surface area contributed by atoms with Crippen LogP contribution in [0.3, 0.4) is 0 Å². The summed E-state index contributed by atoms with van der Waals surface area (Å²) in [6, 6.07) is 7.26. The molecular formula is C15H19N5O. The third-order valence-corrected chi connectivity index (χ3v) is 2.76. The number of pyridine rings is 1. The molecule has 0 bridgehead atoms. The molecule has 0 fully saturated rings. The van der Waals surface area contributed by atoms with E-state index in [-0.39, 0.29) is 5.91 Å². The van der Waals surface area contributed by atoms with Crippen molar-refractivity contribution in [3.8, 4) is 0 Å². The maximum Gasteiger partial charge on any atom is 0.271 e. The van der Waals surface area contributed by atoms with Gasteiger partial charge in [0, 0.05) is 25.5 Å². The van der Waals surface area contributed by atoms with Crippen molar-refractivity contribution in [1.29, 1.82) is 0 Å². The van der Waals surface area contributed by atoms with Crippen LogP contribution < -0.4 is 10.6 Å². The zero-order chi connectivity index (χ0) is 15.1. The van der Waals surface area contributed by atoms with Crippen LogP contribution in [0.15, 0.2) is 36.7 Å². The summed E-state index contributed by atoms with van der Waals surface area (Å²) in [6.07, 6.45) is 3.52. The van der Waals surface area contributed by atoms with Gasteiger partial charge in [-0.3, -0.25) is 9.78 Å². The number of carbonyl (C=O) groups is 1. The van der Waals surface area contributed by atoms with Gasteiger partial charge in [0.25, 0.3) is 5.91 Å². The summed E-state index contributed by atoms with van der Waals surface area (Å²) < 4.78 is 0. The molecule has 1 amide bonds. The molecule has 0 saturated carbocycles. The Balaban J connectivity index is 1.88. The molecule has 0 aliphatic carbocycles. The molecule has 0 atom stereocenters. The molecule has 0 aromatic carbocycles. The molecule has 0 aliphatic heterocycles. The zero-order valence-corrected chi connectivity index (χ0v) is 12.2. The van der Waals surface area contributed by atoms with Crippen LogP contribution in [0.25, 0.3) is 0 Å².